The van der Waals surface area contributed by atoms with Crippen LogP contribution in [-0.4, -0.2) is 22.6 Å². The van der Waals surface area contributed by atoms with Crippen LogP contribution >= 0.6 is 0 Å². The van der Waals surface area contributed by atoms with Crippen LogP contribution in [0.4, 0.5) is 0 Å². The van der Waals surface area contributed by atoms with Gasteiger partial charge in [-0.2, -0.15) is 0 Å². The third kappa shape index (κ3) is 3.58. The second kappa shape index (κ2) is 5.84. The van der Waals surface area contributed by atoms with Gasteiger partial charge >= 0.3 is 11.9 Å². The Kier molecular flexibility index (Phi) is 4.73. The molecule has 1 aliphatic rings. The fourth-order valence-electron chi connectivity index (χ4n) is 2.41. The van der Waals surface area contributed by atoms with Gasteiger partial charge in [-0.05, 0) is 38.0 Å². The molecule has 0 aromatic heterocycles. The maximum Gasteiger partial charge on any atom is 0.331 e. The fraction of sp³-hybridized carbons (Fsp3) is 0.692. The van der Waals surface area contributed by atoms with Crippen LogP contribution in [0.5, 0.6) is 0 Å². The van der Waals surface area contributed by atoms with Gasteiger partial charge in [0.1, 0.15) is 5.60 Å². The summed E-state index contributed by atoms with van der Waals surface area (Å²) in [7, 11) is 0. The van der Waals surface area contributed by atoms with Gasteiger partial charge in [0.25, 0.3) is 0 Å². The van der Waals surface area contributed by atoms with Crippen molar-refractivity contribution in [2.75, 3.05) is 0 Å². The highest BCUT2D eigenvalue weighted by Gasteiger charge is 2.41. The quantitative estimate of drug-likeness (QED) is 0.592. The highest BCUT2D eigenvalue weighted by molar-refractivity contribution is 5.90. The predicted octanol–water partition coefficient (Wildman–Crippen LogP) is 2.53. The molecule has 0 radical (unpaired) electrons. The fourth-order valence-corrected chi connectivity index (χ4v) is 2.41. The van der Waals surface area contributed by atoms with Crippen molar-refractivity contribution in [3.05, 3.63) is 12.2 Å². The number of hydrogen-bond acceptors (Lipinski definition) is 3. The van der Waals surface area contributed by atoms with Gasteiger partial charge < -0.3 is 9.84 Å². The first-order valence-corrected chi connectivity index (χ1v) is 6.14. The Morgan fingerprint density at radius 2 is 1.94 bits per heavy atom. The molecule has 1 rings (SSSR count). The summed E-state index contributed by atoms with van der Waals surface area (Å²) in [6.45, 7) is 4.16. The lowest BCUT2D eigenvalue weighted by molar-refractivity contribution is -0.159. The molecule has 0 saturated heterocycles. The lowest BCUT2D eigenvalue weighted by atomic mass is 9.85. The zero-order chi connectivity index (χ0) is 12.9. The van der Waals surface area contributed by atoms with E-state index in [-0.39, 0.29) is 5.60 Å². The van der Waals surface area contributed by atoms with E-state index in [1.807, 2.05) is 0 Å². The van der Waals surface area contributed by atoms with Crippen LogP contribution in [0.3, 0.4) is 0 Å². The van der Waals surface area contributed by atoms with Crippen molar-refractivity contribution in [1.82, 2.24) is 0 Å². The van der Waals surface area contributed by atoms with Gasteiger partial charge in [-0.3, -0.25) is 0 Å². The molecule has 4 nitrogen and oxygen atoms in total. The number of carbonyl (C=O) groups is 2. The van der Waals surface area contributed by atoms with Crippen LogP contribution in [0.15, 0.2) is 12.2 Å². The molecule has 0 heterocycles. The van der Waals surface area contributed by atoms with Gasteiger partial charge in [-0.25, -0.2) is 9.59 Å². The van der Waals surface area contributed by atoms with E-state index in [2.05, 4.69) is 13.8 Å². The average Bonchev–Trinajstić information content (AvgIpc) is 2.75. The molecule has 0 amide bonds. The van der Waals surface area contributed by atoms with Crippen molar-refractivity contribution in [3.63, 3.8) is 0 Å². The molecule has 4 heteroatoms. The van der Waals surface area contributed by atoms with Crippen molar-refractivity contribution >= 4 is 11.9 Å². The number of esters is 1. The smallest absolute Gasteiger partial charge is 0.331 e. The lowest BCUT2D eigenvalue weighted by Gasteiger charge is -2.34. The van der Waals surface area contributed by atoms with E-state index in [4.69, 9.17) is 9.84 Å². The first-order valence-electron chi connectivity index (χ1n) is 6.14. The van der Waals surface area contributed by atoms with E-state index < -0.39 is 11.9 Å². The predicted molar refractivity (Wildman–Crippen MR) is 63.5 cm³/mol. The molecule has 0 aromatic carbocycles. The van der Waals surface area contributed by atoms with Gasteiger partial charge in [-0.1, -0.05) is 13.8 Å². The summed E-state index contributed by atoms with van der Waals surface area (Å²) in [6.07, 6.45) is 6.67. The Hall–Kier alpha value is -1.32. The van der Waals surface area contributed by atoms with Crippen molar-refractivity contribution < 1.29 is 19.4 Å². The Morgan fingerprint density at radius 3 is 2.41 bits per heavy atom. The minimum Gasteiger partial charge on any atom is -0.478 e. The summed E-state index contributed by atoms with van der Waals surface area (Å²) in [5.41, 5.74) is -0.380. The summed E-state index contributed by atoms with van der Waals surface area (Å²) in [5, 5.41) is 8.45. The van der Waals surface area contributed by atoms with Crippen molar-refractivity contribution in [3.8, 4) is 0 Å². The molecule has 0 aliphatic heterocycles. The normalized spacial score (nSPS) is 20.4. The maximum atomic E-state index is 11.6. The number of carbonyl (C=O) groups excluding carboxylic acids is 1. The summed E-state index contributed by atoms with van der Waals surface area (Å²) in [5.74, 6) is -1.37. The second-order valence-electron chi connectivity index (χ2n) is 4.67. The van der Waals surface area contributed by atoms with E-state index >= 15 is 0 Å². The first kappa shape index (κ1) is 13.7. The Morgan fingerprint density at radius 1 is 1.35 bits per heavy atom. The van der Waals surface area contributed by atoms with Gasteiger partial charge in [0.05, 0.1) is 0 Å². The number of ether oxygens (including phenoxy) is 1. The standard InChI is InChI=1S/C13H20O4/c1-3-10(2)13(8-4-5-9-13)17-12(16)7-6-11(14)15/h6-7,10H,3-5,8-9H2,1-2H3,(H,14,15). The number of hydrogen-bond donors (Lipinski definition) is 1. The van der Waals surface area contributed by atoms with Crippen LogP contribution < -0.4 is 0 Å². The number of carboxylic acids is 1. The maximum absolute atomic E-state index is 11.6. The SMILES string of the molecule is CCC(C)C1(OC(=O)C=CC(=O)O)CCCC1. The van der Waals surface area contributed by atoms with Gasteiger partial charge in [-0.15, -0.1) is 0 Å². The Bertz CT molecular complexity index is 313. The van der Waals surface area contributed by atoms with E-state index in [1.54, 1.807) is 0 Å². The van der Waals surface area contributed by atoms with Crippen molar-refractivity contribution in [2.45, 2.75) is 51.6 Å². The molecule has 0 aromatic rings. The van der Waals surface area contributed by atoms with Gasteiger partial charge in [0, 0.05) is 12.2 Å². The van der Waals surface area contributed by atoms with E-state index in [1.165, 1.54) is 0 Å². The van der Waals surface area contributed by atoms with Crippen LogP contribution in [0.25, 0.3) is 0 Å². The topological polar surface area (TPSA) is 63.6 Å². The highest BCUT2D eigenvalue weighted by atomic mass is 16.6. The van der Waals surface area contributed by atoms with Crippen LogP contribution in [0.1, 0.15) is 46.0 Å². The van der Waals surface area contributed by atoms with Crippen LogP contribution in [-0.2, 0) is 14.3 Å². The molecular formula is C13H20O4. The van der Waals surface area contributed by atoms with Crippen molar-refractivity contribution in [1.29, 1.82) is 0 Å². The highest BCUT2D eigenvalue weighted by Crippen LogP contribution is 2.40. The molecule has 1 saturated carbocycles. The monoisotopic (exact) mass is 240 g/mol. The molecule has 0 bridgehead atoms. The third-order valence-corrected chi connectivity index (χ3v) is 3.63. The lowest BCUT2D eigenvalue weighted by Crippen LogP contribution is -2.38. The molecular weight excluding hydrogens is 220 g/mol. The zero-order valence-electron chi connectivity index (χ0n) is 10.4. The molecule has 1 unspecified atom stereocenters. The zero-order valence-corrected chi connectivity index (χ0v) is 10.4. The number of rotatable bonds is 5. The minimum absolute atomic E-state index is 0.312. The van der Waals surface area contributed by atoms with E-state index in [0.717, 1.165) is 44.3 Å². The summed E-state index contributed by atoms with van der Waals surface area (Å²) in [6, 6.07) is 0. The summed E-state index contributed by atoms with van der Waals surface area (Å²) in [4.78, 5) is 21.9. The molecule has 1 aliphatic carbocycles. The van der Waals surface area contributed by atoms with Crippen molar-refractivity contribution in [2.24, 2.45) is 5.92 Å². The molecule has 1 atom stereocenters. The molecule has 0 spiro atoms. The minimum atomic E-state index is -1.13. The number of carboxylic acid groups (broad SMARTS) is 1. The van der Waals surface area contributed by atoms with E-state index in [9.17, 15) is 9.59 Å². The van der Waals surface area contributed by atoms with Gasteiger partial charge in [0.2, 0.25) is 0 Å². The molecule has 96 valence electrons. The summed E-state index contributed by atoms with van der Waals surface area (Å²) < 4.78 is 5.51. The Labute approximate surface area is 102 Å². The Balaban J connectivity index is 2.67. The largest absolute Gasteiger partial charge is 0.478 e. The summed E-state index contributed by atoms with van der Waals surface area (Å²) >= 11 is 0. The van der Waals surface area contributed by atoms with Crippen LogP contribution in [0.2, 0.25) is 0 Å². The van der Waals surface area contributed by atoms with Crippen LogP contribution in [0, 0.1) is 5.92 Å². The third-order valence-electron chi connectivity index (χ3n) is 3.63. The second-order valence-corrected chi connectivity index (χ2v) is 4.67. The molecule has 17 heavy (non-hydrogen) atoms. The first-order chi connectivity index (χ1) is 8.00. The van der Waals surface area contributed by atoms with Gasteiger partial charge in [0.15, 0.2) is 0 Å². The molecule has 1 fully saturated rings. The van der Waals surface area contributed by atoms with E-state index in [0.29, 0.717) is 5.92 Å². The number of aliphatic carboxylic acids is 1. The molecule has 1 N–H and O–H groups in total. The average molecular weight is 240 g/mol.